The summed E-state index contributed by atoms with van der Waals surface area (Å²) in [5.41, 5.74) is 4.17. The highest BCUT2D eigenvalue weighted by Crippen LogP contribution is 2.32. The molecule has 0 radical (unpaired) electrons. The van der Waals surface area contributed by atoms with Crippen LogP contribution in [0.3, 0.4) is 0 Å². The van der Waals surface area contributed by atoms with E-state index < -0.39 is 0 Å². The number of aromatic amines is 1. The molecule has 5 rings (SSSR count). The summed E-state index contributed by atoms with van der Waals surface area (Å²) in [7, 11) is 0. The van der Waals surface area contributed by atoms with E-state index in [0.29, 0.717) is 48.4 Å². The van der Waals surface area contributed by atoms with Crippen molar-refractivity contribution >= 4 is 46.0 Å². The summed E-state index contributed by atoms with van der Waals surface area (Å²) in [6.07, 6.45) is 5.36. The van der Waals surface area contributed by atoms with Crippen molar-refractivity contribution in [3.63, 3.8) is 0 Å². The van der Waals surface area contributed by atoms with Gasteiger partial charge in [-0.05, 0) is 36.3 Å². The fourth-order valence-electron chi connectivity index (χ4n) is 4.56. The van der Waals surface area contributed by atoms with Crippen LogP contribution in [0.4, 0.5) is 11.6 Å². The molecular formula is C28H28ClN7O2. The third kappa shape index (κ3) is 5.85. The van der Waals surface area contributed by atoms with Crippen molar-refractivity contribution in [2.75, 3.05) is 23.7 Å². The van der Waals surface area contributed by atoms with Gasteiger partial charge in [-0.3, -0.25) is 9.59 Å². The number of nitrogens with zero attached hydrogens (tertiary/aromatic N) is 2. The van der Waals surface area contributed by atoms with Crippen molar-refractivity contribution in [1.82, 2.24) is 25.6 Å². The van der Waals surface area contributed by atoms with Gasteiger partial charge in [-0.25, -0.2) is 9.97 Å². The molecule has 2 aromatic carbocycles. The third-order valence-corrected chi connectivity index (χ3v) is 6.79. The molecule has 2 aromatic heterocycles. The van der Waals surface area contributed by atoms with Crippen LogP contribution in [-0.4, -0.2) is 45.9 Å². The zero-order chi connectivity index (χ0) is 26.5. The molecule has 10 heteroatoms. The summed E-state index contributed by atoms with van der Waals surface area (Å²) in [6.45, 7) is 5.13. The molecule has 4 aromatic rings. The summed E-state index contributed by atoms with van der Waals surface area (Å²) in [4.78, 5) is 36.6. The first-order chi connectivity index (χ1) is 18.5. The van der Waals surface area contributed by atoms with Crippen molar-refractivity contribution in [1.29, 1.82) is 0 Å². The Morgan fingerprint density at radius 1 is 1.13 bits per heavy atom. The number of carbonyl (C=O) groups is 2. The van der Waals surface area contributed by atoms with Crippen molar-refractivity contribution in [2.45, 2.75) is 19.0 Å². The van der Waals surface area contributed by atoms with E-state index in [2.05, 4.69) is 37.8 Å². The number of hydrogen-bond donors (Lipinski definition) is 5. The molecule has 1 aliphatic rings. The van der Waals surface area contributed by atoms with E-state index in [1.54, 1.807) is 18.3 Å². The second-order valence-electron chi connectivity index (χ2n) is 9.18. The summed E-state index contributed by atoms with van der Waals surface area (Å²) < 4.78 is 0. The third-order valence-electron chi connectivity index (χ3n) is 6.52. The molecule has 3 heterocycles. The molecule has 1 fully saturated rings. The van der Waals surface area contributed by atoms with E-state index in [-0.39, 0.29) is 23.8 Å². The van der Waals surface area contributed by atoms with Gasteiger partial charge in [-0.2, -0.15) is 0 Å². The Morgan fingerprint density at radius 3 is 2.76 bits per heavy atom. The predicted molar refractivity (Wildman–Crippen MR) is 150 cm³/mol. The van der Waals surface area contributed by atoms with Gasteiger partial charge in [0.25, 0.3) is 0 Å². The van der Waals surface area contributed by atoms with Crippen LogP contribution in [0.15, 0.2) is 73.6 Å². The van der Waals surface area contributed by atoms with E-state index >= 15 is 0 Å². The summed E-state index contributed by atoms with van der Waals surface area (Å²) in [5, 5.41) is 13.9. The molecule has 5 N–H and O–H groups in total. The topological polar surface area (TPSA) is 124 Å². The van der Waals surface area contributed by atoms with Gasteiger partial charge in [0.2, 0.25) is 17.8 Å². The molecule has 0 bridgehead atoms. The lowest BCUT2D eigenvalue weighted by Crippen LogP contribution is -2.48. The van der Waals surface area contributed by atoms with Gasteiger partial charge < -0.3 is 26.3 Å². The first kappa shape index (κ1) is 25.4. The normalized spacial score (nSPS) is 17.1. The van der Waals surface area contributed by atoms with E-state index in [1.807, 2.05) is 42.6 Å². The second-order valence-corrected chi connectivity index (χ2v) is 9.59. The fourth-order valence-corrected chi connectivity index (χ4v) is 4.75. The van der Waals surface area contributed by atoms with Crippen molar-refractivity contribution < 1.29 is 9.59 Å². The number of hydrogen-bond acceptors (Lipinski definition) is 6. The SMILES string of the molecule is C=CC(=O)Nc1ccc(CNC(=O)C2CNCC(Nc3ncc(Cl)c(-c4c[nH]c5ccccc45)n3)C2)cc1. The molecular weight excluding hydrogens is 502 g/mol. The molecule has 9 nitrogen and oxygen atoms in total. The maximum Gasteiger partial charge on any atom is 0.247 e. The molecule has 0 spiro atoms. The van der Waals surface area contributed by atoms with Crippen LogP contribution in [0, 0.1) is 5.92 Å². The number of rotatable bonds is 8. The molecule has 1 aliphatic heterocycles. The molecule has 194 valence electrons. The van der Waals surface area contributed by atoms with Gasteiger partial charge in [-0.15, -0.1) is 0 Å². The monoisotopic (exact) mass is 529 g/mol. The number of aromatic nitrogens is 3. The van der Waals surface area contributed by atoms with Crippen LogP contribution in [-0.2, 0) is 16.1 Å². The standard InChI is InChI=1S/C28H28ClN7O2/c1-2-25(37)34-19-9-7-17(8-10-19)12-32-27(38)18-11-20(14-30-13-18)35-28-33-16-23(29)26(36-28)22-15-31-24-6-4-3-5-21(22)24/h2-10,15-16,18,20,30-31H,1,11-14H2,(H,32,38)(H,34,37)(H,33,35,36). The number of benzene rings is 2. The quantitative estimate of drug-likeness (QED) is 0.219. The molecule has 0 aliphatic carbocycles. The summed E-state index contributed by atoms with van der Waals surface area (Å²) in [5.74, 6) is -0.0271. The Hall–Kier alpha value is -4.21. The lowest BCUT2D eigenvalue weighted by molar-refractivity contribution is -0.125. The van der Waals surface area contributed by atoms with Crippen LogP contribution in [0.1, 0.15) is 12.0 Å². The van der Waals surface area contributed by atoms with Crippen LogP contribution < -0.4 is 21.3 Å². The number of piperidine rings is 1. The summed E-state index contributed by atoms with van der Waals surface area (Å²) in [6, 6.07) is 15.3. The number of H-pyrrole nitrogens is 1. The average molecular weight is 530 g/mol. The lowest BCUT2D eigenvalue weighted by Gasteiger charge is -2.30. The lowest BCUT2D eigenvalue weighted by atomic mass is 9.95. The van der Waals surface area contributed by atoms with E-state index in [1.165, 1.54) is 6.08 Å². The maximum atomic E-state index is 12.9. The number of para-hydroxylation sites is 1. The zero-order valence-corrected chi connectivity index (χ0v) is 21.4. The van der Waals surface area contributed by atoms with Crippen molar-refractivity contribution in [2.24, 2.45) is 5.92 Å². The minimum absolute atomic E-state index is 0.0236. The highest BCUT2D eigenvalue weighted by Gasteiger charge is 2.27. The Labute approximate surface area is 225 Å². The highest BCUT2D eigenvalue weighted by molar-refractivity contribution is 6.33. The highest BCUT2D eigenvalue weighted by atomic mass is 35.5. The van der Waals surface area contributed by atoms with Crippen LogP contribution in [0.5, 0.6) is 0 Å². The van der Waals surface area contributed by atoms with Gasteiger partial charge >= 0.3 is 0 Å². The number of carbonyl (C=O) groups excluding carboxylic acids is 2. The zero-order valence-electron chi connectivity index (χ0n) is 20.6. The van der Waals surface area contributed by atoms with E-state index in [4.69, 9.17) is 16.6 Å². The fraction of sp³-hybridized carbons (Fsp3) is 0.214. The average Bonchev–Trinajstić information content (AvgIpc) is 3.37. The van der Waals surface area contributed by atoms with Gasteiger partial charge in [-0.1, -0.05) is 48.5 Å². The molecule has 2 atom stereocenters. The number of anilines is 2. The Bertz CT molecular complexity index is 1470. The Kier molecular flexibility index (Phi) is 7.67. The first-order valence-corrected chi connectivity index (χ1v) is 12.7. The minimum atomic E-state index is -0.266. The molecule has 1 saturated heterocycles. The Morgan fingerprint density at radius 2 is 1.95 bits per heavy atom. The van der Waals surface area contributed by atoms with Gasteiger partial charge in [0.1, 0.15) is 0 Å². The van der Waals surface area contributed by atoms with Crippen LogP contribution >= 0.6 is 11.6 Å². The molecule has 2 unspecified atom stereocenters. The number of fused-ring (bicyclic) bond motifs is 1. The molecule has 2 amide bonds. The van der Waals surface area contributed by atoms with E-state index in [9.17, 15) is 9.59 Å². The number of amides is 2. The first-order valence-electron chi connectivity index (χ1n) is 12.4. The van der Waals surface area contributed by atoms with Gasteiger partial charge in [0.15, 0.2) is 0 Å². The smallest absolute Gasteiger partial charge is 0.247 e. The minimum Gasteiger partial charge on any atom is -0.360 e. The van der Waals surface area contributed by atoms with Gasteiger partial charge in [0, 0.05) is 54.0 Å². The number of nitrogens with one attached hydrogen (secondary N) is 5. The predicted octanol–water partition coefficient (Wildman–Crippen LogP) is 4.11. The summed E-state index contributed by atoms with van der Waals surface area (Å²) >= 11 is 6.46. The van der Waals surface area contributed by atoms with Crippen LogP contribution in [0.2, 0.25) is 5.02 Å². The van der Waals surface area contributed by atoms with Crippen LogP contribution in [0.25, 0.3) is 22.2 Å². The van der Waals surface area contributed by atoms with Crippen molar-refractivity contribution in [3.8, 4) is 11.3 Å². The second kappa shape index (κ2) is 11.5. The van der Waals surface area contributed by atoms with Crippen molar-refractivity contribution in [3.05, 3.63) is 84.2 Å². The number of halogens is 1. The Balaban J connectivity index is 1.19. The molecule has 38 heavy (non-hydrogen) atoms. The molecule has 0 saturated carbocycles. The van der Waals surface area contributed by atoms with Gasteiger partial charge in [0.05, 0.1) is 22.8 Å². The maximum absolute atomic E-state index is 12.9. The van der Waals surface area contributed by atoms with E-state index in [0.717, 1.165) is 22.0 Å². The largest absolute Gasteiger partial charge is 0.360 e.